The minimum absolute atomic E-state index is 0.564. The first-order valence-corrected chi connectivity index (χ1v) is 7.10. The minimum atomic E-state index is -5.90. The zero-order valence-electron chi connectivity index (χ0n) is 10.9. The number of nitrogens with two attached hydrogens (primary N) is 1. The fraction of sp³-hybridized carbons (Fsp3) is 0.800. The van der Waals surface area contributed by atoms with Crippen molar-refractivity contribution in [2.45, 2.75) is 43.3 Å². The van der Waals surface area contributed by atoms with Gasteiger partial charge in [-0.15, -0.1) is 6.58 Å². The van der Waals surface area contributed by atoms with Gasteiger partial charge in [0.25, 0.3) is 0 Å². The fourth-order valence-electron chi connectivity index (χ4n) is 0.979. The number of halogens is 6. The molecular weight excluding hydrogens is 328 g/mol. The normalized spacial score (nSPS) is 14.1. The van der Waals surface area contributed by atoms with E-state index in [4.69, 9.17) is 10.3 Å². The van der Waals surface area contributed by atoms with E-state index in [1.54, 1.807) is 6.08 Å². The Balaban J connectivity index is 0. The third-order valence-electron chi connectivity index (χ3n) is 2.04. The van der Waals surface area contributed by atoms with Crippen LogP contribution in [0.5, 0.6) is 0 Å². The third kappa shape index (κ3) is 10.5. The zero-order valence-corrected chi connectivity index (χ0v) is 11.7. The smallest absolute Gasteiger partial charge is 0.327 e. The average molecular weight is 345 g/mol. The van der Waals surface area contributed by atoms with Crippen LogP contribution in [-0.2, 0) is 10.1 Å². The maximum absolute atomic E-state index is 12.7. The van der Waals surface area contributed by atoms with E-state index in [9.17, 15) is 34.8 Å². The van der Waals surface area contributed by atoms with E-state index in [1.807, 2.05) is 0 Å². The molecule has 0 aliphatic rings. The summed E-state index contributed by atoms with van der Waals surface area (Å²) in [5.74, 6) is 0. The Hall–Kier alpha value is -0.810. The Bertz CT molecular complexity index is 396. The summed E-state index contributed by atoms with van der Waals surface area (Å²) in [7, 11) is -5.90. The van der Waals surface area contributed by atoms with Crippen LogP contribution >= 0.6 is 0 Å². The quantitative estimate of drug-likeness (QED) is 0.322. The van der Waals surface area contributed by atoms with E-state index in [0.717, 1.165) is 0 Å². The molecule has 3 N–H and O–H groups in total. The molecule has 0 spiro atoms. The second kappa shape index (κ2) is 9.26. The molecule has 0 heterocycles. The van der Waals surface area contributed by atoms with Crippen LogP contribution in [0.25, 0.3) is 0 Å². The lowest BCUT2D eigenvalue weighted by Crippen LogP contribution is -2.38. The van der Waals surface area contributed by atoms with E-state index in [1.165, 1.54) is 0 Å². The highest BCUT2D eigenvalue weighted by molar-refractivity contribution is 7.86. The van der Waals surface area contributed by atoms with E-state index >= 15 is 0 Å². The molecule has 1 unspecified atom stereocenters. The highest BCUT2D eigenvalue weighted by atomic mass is 32.2. The van der Waals surface area contributed by atoms with Crippen molar-refractivity contribution in [3.8, 4) is 0 Å². The number of alkyl halides is 6. The Morgan fingerprint density at radius 3 is 1.90 bits per heavy atom. The van der Waals surface area contributed by atoms with Crippen LogP contribution in [0.1, 0.15) is 25.7 Å². The molecule has 0 aliphatic carbocycles. The van der Waals surface area contributed by atoms with E-state index < -0.39 is 53.4 Å². The number of hydrogen-bond acceptors (Lipinski definition) is 3. The van der Waals surface area contributed by atoms with Gasteiger partial charge in [0, 0.05) is 13.0 Å². The summed E-state index contributed by atoms with van der Waals surface area (Å²) in [6, 6.07) is 0. The molecule has 4 nitrogen and oxygen atoms in total. The van der Waals surface area contributed by atoms with E-state index in [-0.39, 0.29) is 0 Å². The maximum atomic E-state index is 12.7. The van der Waals surface area contributed by atoms with Crippen LogP contribution in [0, 0.1) is 0 Å². The summed E-state index contributed by atoms with van der Waals surface area (Å²) in [5.41, 5.74) is 4.91. The largest absolute Gasteiger partial charge is 0.400 e. The molecule has 0 rings (SSSR count). The molecule has 128 valence electrons. The van der Waals surface area contributed by atoms with Gasteiger partial charge in [0.05, 0.1) is 0 Å². The highest BCUT2D eigenvalue weighted by Gasteiger charge is 2.52. The van der Waals surface area contributed by atoms with Crippen LogP contribution in [0.15, 0.2) is 12.7 Å². The van der Waals surface area contributed by atoms with Crippen molar-refractivity contribution in [2.24, 2.45) is 5.73 Å². The van der Waals surface area contributed by atoms with Crippen LogP contribution in [0.4, 0.5) is 26.3 Å². The van der Waals surface area contributed by atoms with Crippen LogP contribution in [0.3, 0.4) is 0 Å². The first kappa shape index (κ1) is 22.5. The SMILES string of the molecule is C=CCN.O=S(=O)(O)C(F)(F)C(F)CCCCC(F)(F)F. The van der Waals surface area contributed by atoms with Gasteiger partial charge in [-0.05, 0) is 19.3 Å². The minimum Gasteiger partial charge on any atom is -0.327 e. The first-order valence-electron chi connectivity index (χ1n) is 5.66. The molecule has 0 fully saturated rings. The Morgan fingerprint density at radius 2 is 1.62 bits per heavy atom. The van der Waals surface area contributed by atoms with Crippen LogP contribution < -0.4 is 5.73 Å². The molecule has 0 aromatic carbocycles. The van der Waals surface area contributed by atoms with Crippen LogP contribution in [-0.4, -0.2) is 37.1 Å². The standard InChI is InChI=1S/C7H10F6O3S.C3H7N/c8-5(7(12,13)17(14,15)16)3-1-2-4-6(9,10)11;1-2-3-4/h5H,1-4H2,(H,14,15,16);2H,1,3-4H2. The van der Waals surface area contributed by atoms with Gasteiger partial charge in [0.15, 0.2) is 6.17 Å². The lowest BCUT2D eigenvalue weighted by atomic mass is 10.1. The lowest BCUT2D eigenvalue weighted by molar-refractivity contribution is -0.136. The molecule has 0 saturated carbocycles. The van der Waals surface area contributed by atoms with Crippen molar-refractivity contribution in [3.05, 3.63) is 12.7 Å². The first-order chi connectivity index (χ1) is 9.29. The monoisotopic (exact) mass is 345 g/mol. The third-order valence-corrected chi connectivity index (χ3v) is 2.99. The lowest BCUT2D eigenvalue weighted by Gasteiger charge is -2.17. The summed E-state index contributed by atoms with van der Waals surface area (Å²) in [6.45, 7) is 3.94. The van der Waals surface area contributed by atoms with Gasteiger partial charge in [-0.25, -0.2) is 4.39 Å². The predicted octanol–water partition coefficient (Wildman–Crippen LogP) is 3.06. The molecule has 0 radical (unpaired) electrons. The molecule has 21 heavy (non-hydrogen) atoms. The van der Waals surface area contributed by atoms with Crippen molar-refractivity contribution in [1.82, 2.24) is 0 Å². The summed E-state index contributed by atoms with van der Waals surface area (Å²) in [6.07, 6.45) is -9.56. The number of hydrogen-bond donors (Lipinski definition) is 2. The molecular formula is C10H17F6NO3S. The molecule has 0 saturated heterocycles. The van der Waals surface area contributed by atoms with Crippen molar-refractivity contribution >= 4 is 10.1 Å². The maximum Gasteiger partial charge on any atom is 0.400 e. The molecule has 1 atom stereocenters. The van der Waals surface area contributed by atoms with Gasteiger partial charge >= 0.3 is 21.5 Å². The second-order valence-electron chi connectivity index (χ2n) is 3.89. The molecule has 0 aromatic heterocycles. The van der Waals surface area contributed by atoms with Gasteiger partial charge in [-0.3, -0.25) is 4.55 Å². The predicted molar refractivity (Wildman–Crippen MR) is 65.2 cm³/mol. The molecule has 0 aromatic rings. The summed E-state index contributed by atoms with van der Waals surface area (Å²) < 4.78 is 101. The van der Waals surface area contributed by atoms with Crippen molar-refractivity contribution in [1.29, 1.82) is 0 Å². The average Bonchev–Trinajstić information content (AvgIpc) is 2.32. The van der Waals surface area contributed by atoms with E-state index in [2.05, 4.69) is 6.58 Å². The Labute approximate surface area is 118 Å². The van der Waals surface area contributed by atoms with Crippen LogP contribution in [0.2, 0.25) is 0 Å². The molecule has 0 aliphatic heterocycles. The van der Waals surface area contributed by atoms with Gasteiger partial charge < -0.3 is 5.73 Å². The fourth-order valence-corrected chi connectivity index (χ4v) is 1.42. The van der Waals surface area contributed by atoms with Gasteiger partial charge in [0.2, 0.25) is 0 Å². The van der Waals surface area contributed by atoms with Crippen molar-refractivity contribution in [2.75, 3.05) is 6.54 Å². The summed E-state index contributed by atoms with van der Waals surface area (Å²) in [5, 5.41) is -4.99. The van der Waals surface area contributed by atoms with Gasteiger partial charge in [-0.1, -0.05) is 6.08 Å². The zero-order chi connectivity index (χ0) is 17.3. The highest BCUT2D eigenvalue weighted by Crippen LogP contribution is 2.31. The molecule has 11 heteroatoms. The number of unbranched alkanes of at least 4 members (excludes halogenated alkanes) is 1. The number of rotatable bonds is 7. The topological polar surface area (TPSA) is 80.4 Å². The summed E-state index contributed by atoms with van der Waals surface area (Å²) in [4.78, 5) is 0. The molecule has 0 amide bonds. The van der Waals surface area contributed by atoms with Gasteiger partial charge in [0.1, 0.15) is 0 Å². The van der Waals surface area contributed by atoms with Crippen molar-refractivity contribution < 1.29 is 39.3 Å². The Kier molecular flexibility index (Phi) is 9.91. The summed E-state index contributed by atoms with van der Waals surface area (Å²) >= 11 is 0. The second-order valence-corrected chi connectivity index (χ2v) is 5.38. The van der Waals surface area contributed by atoms with Crippen molar-refractivity contribution in [3.63, 3.8) is 0 Å². The van der Waals surface area contributed by atoms with Gasteiger partial charge in [-0.2, -0.15) is 30.4 Å². The molecule has 0 bridgehead atoms. The van der Waals surface area contributed by atoms with E-state index in [0.29, 0.717) is 6.54 Å². The Morgan fingerprint density at radius 1 is 1.19 bits per heavy atom.